The fraction of sp³-hybridized carbons (Fsp3) is 0.484. The van der Waals surface area contributed by atoms with Crippen LogP contribution < -0.4 is 10.1 Å². The van der Waals surface area contributed by atoms with Crippen molar-refractivity contribution in [2.45, 2.75) is 43.4 Å². The first-order valence-electron chi connectivity index (χ1n) is 14.5. The molecule has 2 aliphatic rings. The van der Waals surface area contributed by atoms with Gasteiger partial charge in [0.15, 0.2) is 6.61 Å². The number of benzene rings is 2. The van der Waals surface area contributed by atoms with Crippen LogP contribution in [0.25, 0.3) is 0 Å². The van der Waals surface area contributed by atoms with E-state index in [2.05, 4.69) is 22.3 Å². The molecular formula is C31H39N5O5S. The van der Waals surface area contributed by atoms with Crippen LogP contribution in [0, 0.1) is 17.2 Å². The summed E-state index contributed by atoms with van der Waals surface area (Å²) in [7, 11) is 0. The number of anilines is 1. The number of aliphatic carboxylic acids is 1. The highest BCUT2D eigenvalue weighted by Crippen LogP contribution is 2.36. The molecule has 0 radical (unpaired) electrons. The van der Waals surface area contributed by atoms with E-state index in [1.165, 1.54) is 5.56 Å². The number of carbonyl (C=O) groups is 3. The standard InChI is InChI=1S/C31H39N5O5S/c1-2-36-29(12-11-24(20-32)31(39)40)42-27(30(36)38)13-14-33-25-9-6-10-26(19-25)41-22-28(37)35-17-15-34(16-18-35)21-23-7-4-3-5-8-23/h3-10,19,24,27,29,33H,2,11-18,21-22H2,1H3,(H,39,40). The van der Waals surface area contributed by atoms with Crippen LogP contribution in [-0.2, 0) is 20.9 Å². The summed E-state index contributed by atoms with van der Waals surface area (Å²) in [5.41, 5.74) is 2.12. The van der Waals surface area contributed by atoms with E-state index in [9.17, 15) is 14.4 Å². The van der Waals surface area contributed by atoms with Crippen LogP contribution in [0.1, 0.15) is 31.7 Å². The Hall–Kier alpha value is -3.75. The molecule has 0 spiro atoms. The summed E-state index contributed by atoms with van der Waals surface area (Å²) in [6.45, 7) is 6.94. The van der Waals surface area contributed by atoms with Gasteiger partial charge in [-0.15, -0.1) is 11.8 Å². The second kappa shape index (κ2) is 15.5. The van der Waals surface area contributed by atoms with Crippen molar-refractivity contribution in [2.75, 3.05) is 51.2 Å². The SMILES string of the molecule is CCN1C(=O)C(CCNc2cccc(OCC(=O)N3CCN(Cc4ccccc4)CC3)c2)SC1CCC(C#N)C(=O)O. The molecule has 3 atom stereocenters. The molecule has 2 aromatic rings. The first-order chi connectivity index (χ1) is 20.4. The van der Waals surface area contributed by atoms with E-state index in [-0.39, 0.29) is 35.5 Å². The number of rotatable bonds is 14. The van der Waals surface area contributed by atoms with E-state index in [1.807, 2.05) is 60.4 Å². The Morgan fingerprint density at radius 2 is 1.88 bits per heavy atom. The van der Waals surface area contributed by atoms with Gasteiger partial charge in [-0.3, -0.25) is 19.3 Å². The van der Waals surface area contributed by atoms with E-state index < -0.39 is 11.9 Å². The number of thioether (sulfide) groups is 1. The van der Waals surface area contributed by atoms with Crippen molar-refractivity contribution in [1.82, 2.24) is 14.7 Å². The fourth-order valence-corrected chi connectivity index (χ4v) is 6.81. The molecular weight excluding hydrogens is 554 g/mol. The van der Waals surface area contributed by atoms with Gasteiger partial charge in [-0.25, -0.2) is 0 Å². The Labute approximate surface area is 251 Å². The molecule has 0 aromatic heterocycles. The average Bonchev–Trinajstić information content (AvgIpc) is 3.31. The molecule has 2 saturated heterocycles. The first-order valence-corrected chi connectivity index (χ1v) is 15.4. The largest absolute Gasteiger partial charge is 0.484 e. The lowest BCUT2D eigenvalue weighted by molar-refractivity contribution is -0.140. The Kier molecular flexibility index (Phi) is 11.5. The molecule has 2 heterocycles. The lowest BCUT2D eigenvalue weighted by Gasteiger charge is -2.34. The molecule has 2 aliphatic heterocycles. The topological polar surface area (TPSA) is 126 Å². The summed E-state index contributed by atoms with van der Waals surface area (Å²) < 4.78 is 5.82. The second-order valence-electron chi connectivity index (χ2n) is 10.5. The summed E-state index contributed by atoms with van der Waals surface area (Å²) in [6.07, 6.45) is 1.30. The molecule has 42 heavy (non-hydrogen) atoms. The van der Waals surface area contributed by atoms with Crippen LogP contribution in [0.3, 0.4) is 0 Å². The summed E-state index contributed by atoms with van der Waals surface area (Å²) in [6, 6.07) is 19.6. The molecule has 2 aromatic carbocycles. The number of amides is 2. The summed E-state index contributed by atoms with van der Waals surface area (Å²) in [5.74, 6) is -1.55. The number of nitrogens with one attached hydrogen (secondary N) is 1. The van der Waals surface area contributed by atoms with E-state index in [0.29, 0.717) is 44.8 Å². The Morgan fingerprint density at radius 3 is 2.57 bits per heavy atom. The van der Waals surface area contributed by atoms with Crippen LogP contribution in [0.5, 0.6) is 5.75 Å². The third-order valence-electron chi connectivity index (χ3n) is 7.63. The number of nitrogens with zero attached hydrogens (tertiary/aromatic N) is 4. The minimum absolute atomic E-state index is 0.0157. The van der Waals surface area contributed by atoms with Gasteiger partial charge < -0.3 is 25.0 Å². The average molecular weight is 594 g/mol. The molecule has 0 aliphatic carbocycles. The van der Waals surface area contributed by atoms with Crippen LogP contribution in [0.2, 0.25) is 0 Å². The van der Waals surface area contributed by atoms with Crippen LogP contribution >= 0.6 is 11.8 Å². The number of ether oxygens (including phenoxy) is 1. The number of piperazine rings is 1. The third-order valence-corrected chi connectivity index (χ3v) is 9.20. The van der Waals surface area contributed by atoms with Gasteiger partial charge in [0.25, 0.3) is 5.91 Å². The maximum absolute atomic E-state index is 12.9. The third kappa shape index (κ3) is 8.63. The molecule has 224 valence electrons. The van der Waals surface area contributed by atoms with Crippen molar-refractivity contribution in [1.29, 1.82) is 5.26 Å². The predicted octanol–water partition coefficient (Wildman–Crippen LogP) is 3.51. The normalized spacial score (nSPS) is 19.8. The van der Waals surface area contributed by atoms with Gasteiger partial charge in [0.05, 0.1) is 16.7 Å². The molecule has 11 heteroatoms. The first kappa shape index (κ1) is 31.2. The minimum Gasteiger partial charge on any atom is -0.484 e. The van der Waals surface area contributed by atoms with Crippen molar-refractivity contribution < 1.29 is 24.2 Å². The van der Waals surface area contributed by atoms with Gasteiger partial charge in [0, 0.05) is 57.6 Å². The number of carboxylic acids is 1. The maximum Gasteiger partial charge on any atom is 0.320 e. The van der Waals surface area contributed by atoms with Crippen molar-refractivity contribution >= 4 is 35.2 Å². The molecule has 2 amide bonds. The quantitative estimate of drug-likeness (QED) is 0.338. The molecule has 4 rings (SSSR count). The molecule has 10 nitrogen and oxygen atoms in total. The van der Waals surface area contributed by atoms with E-state index >= 15 is 0 Å². The molecule has 2 fully saturated rings. The van der Waals surface area contributed by atoms with Crippen molar-refractivity contribution in [3.8, 4) is 11.8 Å². The van der Waals surface area contributed by atoms with Crippen LogP contribution in [-0.4, -0.2) is 94.1 Å². The Balaban J connectivity index is 1.18. The van der Waals surface area contributed by atoms with Crippen molar-refractivity contribution in [2.24, 2.45) is 5.92 Å². The lowest BCUT2D eigenvalue weighted by Crippen LogP contribution is -2.49. The van der Waals surface area contributed by atoms with Gasteiger partial charge >= 0.3 is 5.97 Å². The summed E-state index contributed by atoms with van der Waals surface area (Å²) in [4.78, 5) is 42.8. The number of carboxylic acid groups (broad SMARTS) is 1. The van der Waals surface area contributed by atoms with Crippen LogP contribution in [0.15, 0.2) is 54.6 Å². The van der Waals surface area contributed by atoms with Crippen molar-refractivity contribution in [3.63, 3.8) is 0 Å². The lowest BCUT2D eigenvalue weighted by atomic mass is 10.1. The molecule has 0 bridgehead atoms. The van der Waals surface area contributed by atoms with Gasteiger partial charge in [0.1, 0.15) is 11.7 Å². The minimum atomic E-state index is -1.12. The highest BCUT2D eigenvalue weighted by atomic mass is 32.2. The highest BCUT2D eigenvalue weighted by molar-refractivity contribution is 8.01. The summed E-state index contributed by atoms with van der Waals surface area (Å²) in [5, 5.41) is 21.2. The maximum atomic E-state index is 12.9. The van der Waals surface area contributed by atoms with Gasteiger partial charge in [-0.2, -0.15) is 5.26 Å². The number of carbonyl (C=O) groups excluding carboxylic acids is 2. The van der Waals surface area contributed by atoms with Crippen molar-refractivity contribution in [3.05, 3.63) is 60.2 Å². The number of hydrogen-bond acceptors (Lipinski definition) is 8. The van der Waals surface area contributed by atoms with Gasteiger partial charge in [0.2, 0.25) is 5.91 Å². The zero-order valence-electron chi connectivity index (χ0n) is 24.0. The zero-order valence-corrected chi connectivity index (χ0v) is 24.8. The highest BCUT2D eigenvalue weighted by Gasteiger charge is 2.39. The summed E-state index contributed by atoms with van der Waals surface area (Å²) >= 11 is 1.54. The fourth-order valence-electron chi connectivity index (χ4n) is 5.25. The number of nitriles is 1. The monoisotopic (exact) mass is 593 g/mol. The smallest absolute Gasteiger partial charge is 0.320 e. The predicted molar refractivity (Wildman–Crippen MR) is 162 cm³/mol. The Bertz CT molecular complexity index is 1250. The molecule has 0 saturated carbocycles. The molecule has 2 N–H and O–H groups in total. The Morgan fingerprint density at radius 1 is 1.12 bits per heavy atom. The van der Waals surface area contributed by atoms with Gasteiger partial charge in [-0.1, -0.05) is 36.4 Å². The van der Waals surface area contributed by atoms with E-state index in [0.717, 1.165) is 25.3 Å². The molecule has 3 unspecified atom stereocenters. The van der Waals surface area contributed by atoms with Crippen LogP contribution in [0.4, 0.5) is 5.69 Å². The van der Waals surface area contributed by atoms with E-state index in [1.54, 1.807) is 16.7 Å². The second-order valence-corrected chi connectivity index (χ2v) is 11.9. The van der Waals surface area contributed by atoms with E-state index in [4.69, 9.17) is 15.1 Å². The number of hydrogen-bond donors (Lipinski definition) is 2. The van der Waals surface area contributed by atoms with Gasteiger partial charge in [-0.05, 0) is 43.9 Å². The zero-order chi connectivity index (χ0) is 29.9.